The Balaban J connectivity index is 2.90. The van der Waals surface area contributed by atoms with E-state index < -0.39 is 0 Å². The normalized spacial score (nSPS) is 11.5. The van der Waals surface area contributed by atoms with Crippen LogP contribution in [0.15, 0.2) is 24.3 Å². The highest BCUT2D eigenvalue weighted by molar-refractivity contribution is 5.97. The average Bonchev–Trinajstić information content (AvgIpc) is 2.16. The lowest BCUT2D eigenvalue weighted by atomic mass is 9.86. The molecule has 0 bridgehead atoms. The van der Waals surface area contributed by atoms with Crippen LogP contribution in [0, 0.1) is 5.41 Å². The molecular formula is C15H22O. The molecule has 0 radical (unpaired) electrons. The van der Waals surface area contributed by atoms with Gasteiger partial charge >= 0.3 is 0 Å². The van der Waals surface area contributed by atoms with Gasteiger partial charge in [-0.25, -0.2) is 0 Å². The molecule has 0 aromatic heterocycles. The molecule has 0 amide bonds. The van der Waals surface area contributed by atoms with E-state index in [2.05, 4.69) is 33.8 Å². The van der Waals surface area contributed by atoms with Crippen LogP contribution in [0.5, 0.6) is 0 Å². The highest BCUT2D eigenvalue weighted by atomic mass is 16.1. The molecule has 0 N–H and O–H groups in total. The van der Waals surface area contributed by atoms with Crippen molar-refractivity contribution in [2.24, 2.45) is 5.41 Å². The maximum atomic E-state index is 12.2. The van der Waals surface area contributed by atoms with E-state index in [1.54, 1.807) is 0 Å². The van der Waals surface area contributed by atoms with Gasteiger partial charge < -0.3 is 0 Å². The van der Waals surface area contributed by atoms with E-state index in [0.29, 0.717) is 6.42 Å². The van der Waals surface area contributed by atoms with E-state index in [1.165, 1.54) is 5.56 Å². The zero-order valence-corrected chi connectivity index (χ0v) is 10.8. The predicted octanol–water partition coefficient (Wildman–Crippen LogP) is 4.26. The minimum absolute atomic E-state index is 0.0659. The quantitative estimate of drug-likeness (QED) is 0.690. The second-order valence-corrected chi connectivity index (χ2v) is 5.57. The van der Waals surface area contributed by atoms with Crippen molar-refractivity contribution in [1.29, 1.82) is 0 Å². The summed E-state index contributed by atoms with van der Waals surface area (Å²) >= 11 is 0. The van der Waals surface area contributed by atoms with Gasteiger partial charge in [-0.2, -0.15) is 0 Å². The fraction of sp³-hybridized carbons (Fsp3) is 0.533. The van der Waals surface area contributed by atoms with Gasteiger partial charge in [0, 0.05) is 12.0 Å². The smallest absolute Gasteiger partial charge is 0.163 e. The minimum atomic E-state index is 0.0659. The molecule has 0 heterocycles. The van der Waals surface area contributed by atoms with Gasteiger partial charge in [0.2, 0.25) is 0 Å². The van der Waals surface area contributed by atoms with Crippen LogP contribution >= 0.6 is 0 Å². The van der Waals surface area contributed by atoms with Crippen LogP contribution in [-0.4, -0.2) is 5.78 Å². The molecule has 88 valence electrons. The van der Waals surface area contributed by atoms with Gasteiger partial charge in [-0.1, -0.05) is 58.4 Å². The first-order valence-corrected chi connectivity index (χ1v) is 6.05. The van der Waals surface area contributed by atoms with Crippen molar-refractivity contribution in [3.8, 4) is 0 Å². The highest BCUT2D eigenvalue weighted by Gasteiger charge is 2.18. The summed E-state index contributed by atoms with van der Waals surface area (Å²) in [6.07, 6.45) is 2.69. The number of carbonyl (C=O) groups is 1. The van der Waals surface area contributed by atoms with Gasteiger partial charge in [0.05, 0.1) is 0 Å². The van der Waals surface area contributed by atoms with Gasteiger partial charge in [0.15, 0.2) is 5.78 Å². The Kier molecular flexibility index (Phi) is 4.28. The standard InChI is InChI=1S/C15H22O/c1-5-8-12-9-6-7-10-13(12)14(16)11-15(2,3)4/h6-7,9-10H,5,8,11H2,1-4H3. The third-order valence-corrected chi connectivity index (χ3v) is 2.53. The van der Waals surface area contributed by atoms with Gasteiger partial charge in [-0.3, -0.25) is 4.79 Å². The third-order valence-electron chi connectivity index (χ3n) is 2.53. The molecule has 1 aromatic carbocycles. The lowest BCUT2D eigenvalue weighted by molar-refractivity contribution is 0.0939. The average molecular weight is 218 g/mol. The number of carbonyl (C=O) groups excluding carboxylic acids is 1. The Morgan fingerprint density at radius 1 is 1.19 bits per heavy atom. The zero-order chi connectivity index (χ0) is 12.2. The summed E-state index contributed by atoms with van der Waals surface area (Å²) in [5, 5.41) is 0. The first-order chi connectivity index (χ1) is 7.44. The zero-order valence-electron chi connectivity index (χ0n) is 10.8. The van der Waals surface area contributed by atoms with E-state index >= 15 is 0 Å². The first-order valence-electron chi connectivity index (χ1n) is 6.05. The summed E-state index contributed by atoms with van der Waals surface area (Å²) in [7, 11) is 0. The number of aryl methyl sites for hydroxylation is 1. The van der Waals surface area contributed by atoms with Crippen molar-refractivity contribution in [2.75, 3.05) is 0 Å². The largest absolute Gasteiger partial charge is 0.294 e. The number of rotatable bonds is 4. The Hall–Kier alpha value is -1.11. The van der Waals surface area contributed by atoms with Crippen LogP contribution in [-0.2, 0) is 6.42 Å². The van der Waals surface area contributed by atoms with Crippen LogP contribution in [0.1, 0.15) is 56.5 Å². The van der Waals surface area contributed by atoms with Crippen LogP contribution in [0.4, 0.5) is 0 Å². The molecule has 0 saturated heterocycles. The van der Waals surface area contributed by atoms with Crippen LogP contribution in [0.25, 0.3) is 0 Å². The Morgan fingerprint density at radius 2 is 1.81 bits per heavy atom. The summed E-state index contributed by atoms with van der Waals surface area (Å²) < 4.78 is 0. The predicted molar refractivity (Wildman–Crippen MR) is 68.8 cm³/mol. The fourth-order valence-corrected chi connectivity index (χ4v) is 1.86. The van der Waals surface area contributed by atoms with Gasteiger partial charge in [-0.15, -0.1) is 0 Å². The summed E-state index contributed by atoms with van der Waals surface area (Å²) in [6.45, 7) is 8.46. The van der Waals surface area contributed by atoms with Crippen molar-refractivity contribution < 1.29 is 4.79 Å². The maximum absolute atomic E-state index is 12.2. The Morgan fingerprint density at radius 3 is 2.38 bits per heavy atom. The fourth-order valence-electron chi connectivity index (χ4n) is 1.86. The molecule has 16 heavy (non-hydrogen) atoms. The highest BCUT2D eigenvalue weighted by Crippen LogP contribution is 2.23. The van der Waals surface area contributed by atoms with Gasteiger partial charge in [-0.05, 0) is 17.4 Å². The van der Waals surface area contributed by atoms with E-state index in [0.717, 1.165) is 18.4 Å². The molecule has 1 nitrogen and oxygen atoms in total. The molecule has 0 unspecified atom stereocenters. The molecule has 0 saturated carbocycles. The molecule has 0 aliphatic rings. The number of Topliss-reactive ketones (excluding diaryl/α,β-unsaturated/α-hetero) is 1. The molecule has 1 heteroatoms. The second-order valence-electron chi connectivity index (χ2n) is 5.57. The van der Waals surface area contributed by atoms with E-state index in [-0.39, 0.29) is 11.2 Å². The first kappa shape index (κ1) is 13.0. The molecule has 0 atom stereocenters. The number of benzene rings is 1. The van der Waals surface area contributed by atoms with Crippen LogP contribution in [0.2, 0.25) is 0 Å². The number of hydrogen-bond donors (Lipinski definition) is 0. The van der Waals surface area contributed by atoms with Gasteiger partial charge in [0.1, 0.15) is 0 Å². The van der Waals surface area contributed by atoms with Crippen molar-refractivity contribution in [3.05, 3.63) is 35.4 Å². The summed E-state index contributed by atoms with van der Waals surface area (Å²) in [6, 6.07) is 7.99. The van der Waals surface area contributed by atoms with E-state index in [4.69, 9.17) is 0 Å². The minimum Gasteiger partial charge on any atom is -0.294 e. The molecule has 1 rings (SSSR count). The van der Waals surface area contributed by atoms with Crippen molar-refractivity contribution in [2.45, 2.75) is 47.0 Å². The second kappa shape index (κ2) is 5.29. The maximum Gasteiger partial charge on any atom is 0.163 e. The van der Waals surface area contributed by atoms with Gasteiger partial charge in [0.25, 0.3) is 0 Å². The summed E-state index contributed by atoms with van der Waals surface area (Å²) in [5.74, 6) is 0.275. The summed E-state index contributed by atoms with van der Waals surface area (Å²) in [5.41, 5.74) is 2.18. The van der Waals surface area contributed by atoms with E-state index in [9.17, 15) is 4.79 Å². The summed E-state index contributed by atoms with van der Waals surface area (Å²) in [4.78, 5) is 12.2. The third kappa shape index (κ3) is 3.80. The number of hydrogen-bond acceptors (Lipinski definition) is 1. The Bertz CT molecular complexity index is 358. The number of ketones is 1. The van der Waals surface area contributed by atoms with Crippen LogP contribution in [0.3, 0.4) is 0 Å². The van der Waals surface area contributed by atoms with Crippen molar-refractivity contribution >= 4 is 5.78 Å². The SMILES string of the molecule is CCCc1ccccc1C(=O)CC(C)(C)C. The molecule has 0 aliphatic carbocycles. The van der Waals surface area contributed by atoms with Crippen LogP contribution < -0.4 is 0 Å². The molecule has 0 fully saturated rings. The molecular weight excluding hydrogens is 196 g/mol. The molecule has 0 aliphatic heterocycles. The van der Waals surface area contributed by atoms with Crippen molar-refractivity contribution in [1.82, 2.24) is 0 Å². The molecule has 0 spiro atoms. The van der Waals surface area contributed by atoms with E-state index in [1.807, 2.05) is 18.2 Å². The monoisotopic (exact) mass is 218 g/mol. The topological polar surface area (TPSA) is 17.1 Å². The Labute approximate surface area is 98.9 Å². The molecule has 1 aromatic rings. The van der Waals surface area contributed by atoms with Crippen molar-refractivity contribution in [3.63, 3.8) is 0 Å². The lowest BCUT2D eigenvalue weighted by Gasteiger charge is -2.18. The lowest BCUT2D eigenvalue weighted by Crippen LogP contribution is -2.14.